The average Bonchev–Trinajstić information content (AvgIpc) is 2.46. The highest BCUT2D eigenvalue weighted by Gasteiger charge is 2.13. The van der Waals surface area contributed by atoms with E-state index in [0.29, 0.717) is 0 Å². The first kappa shape index (κ1) is 11.5. The minimum absolute atomic E-state index is 0.732. The Balaban J connectivity index is 1.74. The molecule has 1 aromatic carbocycles. The summed E-state index contributed by atoms with van der Waals surface area (Å²) in [4.78, 5) is 4.16. The molecule has 1 saturated heterocycles. The number of benzene rings is 1. The summed E-state index contributed by atoms with van der Waals surface area (Å²) in [7, 11) is 0. The molecular weight excluding hydrogens is 224 g/mol. The summed E-state index contributed by atoms with van der Waals surface area (Å²) in [5.74, 6) is 0.732. The Morgan fingerprint density at radius 1 is 1.22 bits per heavy atom. The van der Waals surface area contributed by atoms with Crippen molar-refractivity contribution >= 4 is 16.5 Å². The zero-order valence-electron chi connectivity index (χ0n) is 10.4. The van der Waals surface area contributed by atoms with E-state index in [9.17, 15) is 0 Å². The van der Waals surface area contributed by atoms with Crippen LogP contribution in [-0.2, 0) is 4.74 Å². The van der Waals surface area contributed by atoms with Crippen LogP contribution < -0.4 is 5.32 Å². The summed E-state index contributed by atoms with van der Waals surface area (Å²) in [6.07, 6.45) is 6.09. The maximum atomic E-state index is 5.39. The highest BCUT2D eigenvalue weighted by Crippen LogP contribution is 2.23. The Hall–Kier alpha value is -1.61. The number of hydrogen-bond donors (Lipinski definition) is 1. The lowest BCUT2D eigenvalue weighted by molar-refractivity contribution is 0.0699. The molecule has 0 bridgehead atoms. The Morgan fingerprint density at radius 2 is 2.11 bits per heavy atom. The number of rotatable bonds is 3. The number of nitrogens with one attached hydrogen (secondary N) is 1. The van der Waals surface area contributed by atoms with E-state index in [1.165, 1.54) is 29.3 Å². The van der Waals surface area contributed by atoms with Crippen LogP contribution in [0.5, 0.6) is 0 Å². The van der Waals surface area contributed by atoms with Gasteiger partial charge in [0.2, 0.25) is 0 Å². The zero-order chi connectivity index (χ0) is 12.2. The Kier molecular flexibility index (Phi) is 3.42. The second kappa shape index (κ2) is 5.36. The zero-order valence-corrected chi connectivity index (χ0v) is 10.4. The predicted octanol–water partition coefficient (Wildman–Crippen LogP) is 3.07. The number of fused-ring (bicyclic) bond motifs is 1. The number of aromatic nitrogens is 1. The lowest BCUT2D eigenvalue weighted by atomic mass is 10.00. The topological polar surface area (TPSA) is 34.1 Å². The molecule has 3 heteroatoms. The molecule has 2 aromatic rings. The van der Waals surface area contributed by atoms with Gasteiger partial charge in [-0.05, 0) is 30.9 Å². The van der Waals surface area contributed by atoms with Crippen LogP contribution in [0.3, 0.4) is 0 Å². The second-order valence-corrected chi connectivity index (χ2v) is 4.84. The molecule has 0 unspecified atom stereocenters. The van der Waals surface area contributed by atoms with Crippen molar-refractivity contribution in [2.45, 2.75) is 12.8 Å². The summed E-state index contributed by atoms with van der Waals surface area (Å²) in [5, 5.41) is 6.01. The Bertz CT molecular complexity index is 515. The van der Waals surface area contributed by atoms with Gasteiger partial charge in [0.25, 0.3) is 0 Å². The van der Waals surface area contributed by atoms with Crippen LogP contribution in [0.15, 0.2) is 36.7 Å². The van der Waals surface area contributed by atoms with E-state index in [0.717, 1.165) is 25.7 Å². The van der Waals surface area contributed by atoms with Gasteiger partial charge in [-0.1, -0.05) is 12.1 Å². The molecule has 1 fully saturated rings. The van der Waals surface area contributed by atoms with Crippen LogP contribution in [0.25, 0.3) is 10.8 Å². The molecule has 0 radical (unpaired) electrons. The number of pyridine rings is 1. The Morgan fingerprint density at radius 3 is 3.00 bits per heavy atom. The molecule has 1 N–H and O–H groups in total. The predicted molar refractivity (Wildman–Crippen MR) is 73.8 cm³/mol. The van der Waals surface area contributed by atoms with E-state index in [4.69, 9.17) is 4.74 Å². The van der Waals surface area contributed by atoms with Gasteiger partial charge >= 0.3 is 0 Å². The second-order valence-electron chi connectivity index (χ2n) is 4.84. The number of hydrogen-bond acceptors (Lipinski definition) is 3. The van der Waals surface area contributed by atoms with Crippen molar-refractivity contribution < 1.29 is 4.74 Å². The minimum Gasteiger partial charge on any atom is -0.384 e. The first-order valence-electron chi connectivity index (χ1n) is 6.58. The third kappa shape index (κ3) is 2.46. The van der Waals surface area contributed by atoms with Crippen LogP contribution in [0.2, 0.25) is 0 Å². The first-order chi connectivity index (χ1) is 8.93. The summed E-state index contributed by atoms with van der Waals surface area (Å²) in [5.41, 5.74) is 1.21. The highest BCUT2D eigenvalue weighted by molar-refractivity contribution is 5.93. The van der Waals surface area contributed by atoms with Crippen LogP contribution in [0.1, 0.15) is 12.8 Å². The van der Waals surface area contributed by atoms with Crippen LogP contribution in [-0.4, -0.2) is 24.7 Å². The molecule has 3 rings (SSSR count). The van der Waals surface area contributed by atoms with Gasteiger partial charge in [-0.2, -0.15) is 0 Å². The van der Waals surface area contributed by atoms with Crippen LogP contribution in [0, 0.1) is 5.92 Å². The van der Waals surface area contributed by atoms with Crippen molar-refractivity contribution in [2.24, 2.45) is 5.92 Å². The molecule has 3 nitrogen and oxygen atoms in total. The summed E-state index contributed by atoms with van der Waals surface area (Å²) < 4.78 is 5.39. The fourth-order valence-corrected chi connectivity index (χ4v) is 2.48. The van der Waals surface area contributed by atoms with Crippen molar-refractivity contribution in [3.05, 3.63) is 36.7 Å². The standard InChI is InChI=1S/C15H18N2O/c1-2-13-11-16-7-4-14(13)15(3-1)17-10-12-5-8-18-9-6-12/h1-4,7,11-12,17H,5-6,8-10H2. The van der Waals surface area contributed by atoms with Crippen molar-refractivity contribution in [1.29, 1.82) is 0 Å². The van der Waals surface area contributed by atoms with Crippen molar-refractivity contribution in [1.82, 2.24) is 4.98 Å². The van der Waals surface area contributed by atoms with E-state index >= 15 is 0 Å². The maximum Gasteiger partial charge on any atom is 0.0469 e. The number of nitrogens with zero attached hydrogens (tertiary/aromatic N) is 1. The molecule has 1 aliphatic rings. The van der Waals surface area contributed by atoms with Crippen LogP contribution in [0.4, 0.5) is 5.69 Å². The molecule has 18 heavy (non-hydrogen) atoms. The lowest BCUT2D eigenvalue weighted by Crippen LogP contribution is -2.22. The fraction of sp³-hybridized carbons (Fsp3) is 0.400. The molecule has 0 amide bonds. The molecule has 0 atom stereocenters. The van der Waals surface area contributed by atoms with Crippen molar-refractivity contribution in [3.8, 4) is 0 Å². The maximum absolute atomic E-state index is 5.39. The monoisotopic (exact) mass is 242 g/mol. The van der Waals surface area contributed by atoms with E-state index in [-0.39, 0.29) is 0 Å². The van der Waals surface area contributed by atoms with Gasteiger partial charge in [0.05, 0.1) is 0 Å². The van der Waals surface area contributed by atoms with Crippen LogP contribution >= 0.6 is 0 Å². The molecule has 0 spiro atoms. The van der Waals surface area contributed by atoms with Gasteiger partial charge in [0.15, 0.2) is 0 Å². The summed E-state index contributed by atoms with van der Waals surface area (Å²) in [6.45, 7) is 2.85. The smallest absolute Gasteiger partial charge is 0.0469 e. The van der Waals surface area contributed by atoms with Gasteiger partial charge in [-0.3, -0.25) is 4.98 Å². The molecule has 1 aliphatic heterocycles. The summed E-state index contributed by atoms with van der Waals surface area (Å²) >= 11 is 0. The van der Waals surface area contributed by atoms with E-state index in [1.54, 1.807) is 0 Å². The largest absolute Gasteiger partial charge is 0.384 e. The average molecular weight is 242 g/mol. The lowest BCUT2D eigenvalue weighted by Gasteiger charge is -2.23. The third-order valence-corrected chi connectivity index (χ3v) is 3.60. The quantitative estimate of drug-likeness (QED) is 0.898. The summed E-state index contributed by atoms with van der Waals surface area (Å²) in [6, 6.07) is 8.39. The SMILES string of the molecule is c1cc(NCC2CCOCC2)c2ccncc2c1. The highest BCUT2D eigenvalue weighted by atomic mass is 16.5. The van der Waals surface area contributed by atoms with Gasteiger partial charge in [-0.25, -0.2) is 0 Å². The molecule has 0 aliphatic carbocycles. The number of anilines is 1. The third-order valence-electron chi connectivity index (χ3n) is 3.60. The van der Waals surface area contributed by atoms with E-state index < -0.39 is 0 Å². The first-order valence-corrected chi connectivity index (χ1v) is 6.58. The molecule has 2 heterocycles. The molecule has 1 aromatic heterocycles. The number of ether oxygens (including phenoxy) is 1. The van der Waals surface area contributed by atoms with Gasteiger partial charge in [-0.15, -0.1) is 0 Å². The van der Waals surface area contributed by atoms with Crippen molar-refractivity contribution in [3.63, 3.8) is 0 Å². The molecular formula is C15H18N2O. The van der Waals surface area contributed by atoms with Crippen molar-refractivity contribution in [2.75, 3.05) is 25.1 Å². The van der Waals surface area contributed by atoms with Gasteiger partial charge < -0.3 is 10.1 Å². The van der Waals surface area contributed by atoms with Gasteiger partial charge in [0, 0.05) is 48.6 Å². The normalized spacial score (nSPS) is 16.9. The van der Waals surface area contributed by atoms with Gasteiger partial charge in [0.1, 0.15) is 0 Å². The molecule has 94 valence electrons. The minimum atomic E-state index is 0.732. The fourth-order valence-electron chi connectivity index (χ4n) is 2.48. The van der Waals surface area contributed by atoms with E-state index in [2.05, 4.69) is 34.6 Å². The Labute approximate surface area is 107 Å². The molecule has 0 saturated carbocycles. The van der Waals surface area contributed by atoms with E-state index in [1.807, 2.05) is 12.4 Å².